The second-order valence-electron chi connectivity index (χ2n) is 23.4. The summed E-state index contributed by atoms with van der Waals surface area (Å²) in [6, 6.07) is 50.9. The van der Waals surface area contributed by atoms with Crippen molar-refractivity contribution in [2.75, 3.05) is 102 Å². The summed E-state index contributed by atoms with van der Waals surface area (Å²) in [5.41, 5.74) is 7.25. The Kier molecular flexibility index (Phi) is 56.7. The monoisotopic (exact) mass is 1770 g/mol. The van der Waals surface area contributed by atoms with Crippen molar-refractivity contribution in [3.63, 3.8) is 0 Å². The maximum Gasteiger partial charge on any atom is 1.00 e. The molecule has 8 aromatic carbocycles. The molecule has 0 heterocycles. The van der Waals surface area contributed by atoms with Gasteiger partial charge in [-0.1, -0.05) is 72.7 Å². The average Bonchev–Trinajstić information content (AvgIpc) is 0.851. The summed E-state index contributed by atoms with van der Waals surface area (Å²) in [7, 11) is -3.35. The van der Waals surface area contributed by atoms with Crippen LogP contribution in [0.15, 0.2) is 238 Å². The summed E-state index contributed by atoms with van der Waals surface area (Å²) in [5, 5.41) is 20.0. The number of phenols is 1. The van der Waals surface area contributed by atoms with Crippen molar-refractivity contribution in [3.05, 3.63) is 268 Å². The molecule has 3 N–H and O–H groups in total. The number of carbonyl (C=O) groups excluding carboxylic acids is 3. The van der Waals surface area contributed by atoms with Crippen LogP contribution in [-0.4, -0.2) is 150 Å². The van der Waals surface area contributed by atoms with Gasteiger partial charge in [0, 0.05) is 62.8 Å². The number of halogens is 5. The standard InChI is InChI=1S/2C21H23ClO4S.C19H19ClO4S.C11H14O3S.C6H5ClO.C5H9ClO3S.CH3.Li.H2O/c2*1-4-24-21(23)13-26-20-10-9-19(11-16(20)3)27-14-15(2)12-25-18-7-5-17(22)6-8-18;1-13(10-23-16-5-3-15(20)4-6-16)12-25-17-7-8-18(14(2)9-17)24-11-19(21)22;1-3-13-11(12)7-14-10-5-4-9(15)6-8(10)2;7-5-1-3-6(8)4-2-5;1-5(3-6)4-9-10(2,7)8;;;/h2*5-11H,2,4,12-14H2,1,3H3;3-9H,1,10-12H2,2H3,(H,21,22);4-6,15H,3,7H2,1-2H3;1-4,8H;1,3-4H2,2H3;1H3;;1H2/q;;;;;;-1;+1;/p-1. The second kappa shape index (κ2) is 60.8. The van der Waals surface area contributed by atoms with Gasteiger partial charge >= 0.3 is 42.7 Å². The largest absolute Gasteiger partial charge is 1.00 e. The molecule has 115 heavy (non-hydrogen) atoms. The van der Waals surface area contributed by atoms with Gasteiger partial charge in [0.1, 0.15) is 65.8 Å². The summed E-state index contributed by atoms with van der Waals surface area (Å²) < 4.78 is 78.1. The van der Waals surface area contributed by atoms with Crippen molar-refractivity contribution >= 4 is 140 Å². The van der Waals surface area contributed by atoms with E-state index in [9.17, 15) is 27.6 Å². The molecule has 0 saturated heterocycles. The first-order valence-electron chi connectivity index (χ1n) is 34.1. The fourth-order valence-corrected chi connectivity index (χ4v) is 11.9. The van der Waals surface area contributed by atoms with Crippen LogP contribution in [0.1, 0.15) is 43.0 Å². The SMILES string of the molecule is C=C(CCl)COS(C)(=O)=O.C=C(COc1ccc(Cl)cc1)CSc1ccc(OCC(=O)O)c(C)c1.C=C(COc1ccc(Cl)cc1)CSc1ccc(OCC(=O)OCC)c(C)c1.C=C(COc1ccc(Cl)cc1)CSc1ccc(OCC(=O)OCC)c(C)c1.CCOC(=O)COc1ccc(S)cc1C.Oc1ccc(Cl)cc1.[CH3-].[Li+].[OH-]. The Balaban J connectivity index is 0.00000141. The fourth-order valence-electron chi connectivity index (χ4n) is 8.07. The number of carboxylic acids is 1. The van der Waals surface area contributed by atoms with Crippen molar-refractivity contribution in [2.24, 2.45) is 0 Å². The van der Waals surface area contributed by atoms with Crippen LogP contribution in [-0.2, 0) is 47.7 Å². The smallest absolute Gasteiger partial charge is 0.870 e. The number of benzene rings is 8. The summed E-state index contributed by atoms with van der Waals surface area (Å²) in [6.07, 6.45) is 0.981. The first kappa shape index (κ1) is 107. The zero-order valence-corrected chi connectivity index (χ0v) is 73.8. The predicted molar refractivity (Wildman–Crippen MR) is 464 cm³/mol. The van der Waals surface area contributed by atoms with Crippen LogP contribution in [0.25, 0.3) is 0 Å². The topological polar surface area (TPSA) is 274 Å². The van der Waals surface area contributed by atoms with E-state index in [0.717, 1.165) is 99.3 Å². The van der Waals surface area contributed by atoms with E-state index in [2.05, 4.69) is 43.1 Å². The Hall–Kier alpha value is -7.68. The molecule has 620 valence electrons. The molecule has 31 heteroatoms. The normalized spacial score (nSPS) is 10.0. The number of hydrogen-bond acceptors (Lipinski definition) is 23. The number of rotatable bonds is 37. The molecule has 0 aliphatic rings. The van der Waals surface area contributed by atoms with E-state index in [0.29, 0.717) is 88.3 Å². The minimum absolute atomic E-state index is 0. The molecule has 0 radical (unpaired) electrons. The van der Waals surface area contributed by atoms with Crippen LogP contribution in [0.2, 0.25) is 20.1 Å². The van der Waals surface area contributed by atoms with Gasteiger partial charge in [-0.3, -0.25) is 4.18 Å². The average molecular weight is 1770 g/mol. The van der Waals surface area contributed by atoms with Crippen LogP contribution in [0.5, 0.6) is 46.0 Å². The summed E-state index contributed by atoms with van der Waals surface area (Å²) in [5.74, 6) is 5.51. The summed E-state index contributed by atoms with van der Waals surface area (Å²) in [4.78, 5) is 48.5. The molecule has 0 bridgehead atoms. The Labute approximate surface area is 731 Å². The zero-order chi connectivity index (χ0) is 83.0. The van der Waals surface area contributed by atoms with Gasteiger partial charge < -0.3 is 70.5 Å². The number of hydrogen-bond donors (Lipinski definition) is 3. The number of aromatic hydroxyl groups is 1. The van der Waals surface area contributed by atoms with Crippen LogP contribution < -0.4 is 52.0 Å². The Bertz CT molecular complexity index is 4240. The van der Waals surface area contributed by atoms with Gasteiger partial charge in [0.15, 0.2) is 26.4 Å². The predicted octanol–water partition coefficient (Wildman–Crippen LogP) is 17.8. The number of phenolic OH excluding ortho intramolecular Hbond substituents is 1. The van der Waals surface area contributed by atoms with Crippen molar-refractivity contribution in [1.82, 2.24) is 0 Å². The van der Waals surface area contributed by atoms with Crippen molar-refractivity contribution in [2.45, 2.75) is 68.0 Å². The first-order valence-corrected chi connectivity index (χ1v) is 41.4. The summed E-state index contributed by atoms with van der Waals surface area (Å²) >= 11 is 37.5. The molecule has 0 unspecified atom stereocenters. The van der Waals surface area contributed by atoms with E-state index in [1.165, 1.54) is 0 Å². The number of esters is 3. The Morgan fingerprint density at radius 1 is 0.417 bits per heavy atom. The van der Waals surface area contributed by atoms with Crippen molar-refractivity contribution in [3.8, 4) is 46.0 Å². The minimum atomic E-state index is -3.35. The number of ether oxygens (including phenoxy) is 10. The number of carbonyl (C=O) groups is 4. The molecule has 0 saturated carbocycles. The van der Waals surface area contributed by atoms with Gasteiger partial charge in [-0.2, -0.15) is 8.42 Å². The summed E-state index contributed by atoms with van der Waals surface area (Å²) in [6.45, 7) is 30.4. The molecule has 0 spiro atoms. The molecular weight excluding hydrogens is 1670 g/mol. The molecule has 0 aliphatic heterocycles. The maximum absolute atomic E-state index is 11.4. The van der Waals surface area contributed by atoms with Gasteiger partial charge in [-0.05, 0) is 263 Å². The Morgan fingerprint density at radius 3 is 0.948 bits per heavy atom. The van der Waals surface area contributed by atoms with Gasteiger partial charge in [-0.15, -0.1) is 59.5 Å². The van der Waals surface area contributed by atoms with E-state index < -0.39 is 16.1 Å². The van der Waals surface area contributed by atoms with Crippen LogP contribution in [0, 0.1) is 35.1 Å². The third-order valence-corrected chi connectivity index (χ3v) is 19.1. The molecule has 20 nitrogen and oxygen atoms in total. The number of aliphatic carboxylic acids is 1. The van der Waals surface area contributed by atoms with Gasteiger partial charge in [0.05, 0.1) is 32.7 Å². The molecule has 8 aromatic rings. The molecule has 0 aliphatic carbocycles. The van der Waals surface area contributed by atoms with Gasteiger partial charge in [-0.25, -0.2) is 19.2 Å². The quantitative estimate of drug-likeness (QED) is 0.00375. The molecular formula is C84H97Cl5LiO20S5-. The Morgan fingerprint density at radius 2 is 0.696 bits per heavy atom. The van der Waals surface area contributed by atoms with Crippen LogP contribution >= 0.6 is 106 Å². The fraction of sp³-hybridized carbons (Fsp3) is 0.274. The van der Waals surface area contributed by atoms with E-state index >= 15 is 0 Å². The van der Waals surface area contributed by atoms with Gasteiger partial charge in [0.2, 0.25) is 0 Å². The minimum Gasteiger partial charge on any atom is -0.870 e. The number of thiol groups is 1. The molecule has 0 fully saturated rings. The van der Waals surface area contributed by atoms with E-state index in [-0.39, 0.29) is 94.3 Å². The van der Waals surface area contributed by atoms with Crippen LogP contribution in [0.4, 0.5) is 0 Å². The van der Waals surface area contributed by atoms with Crippen molar-refractivity contribution in [1.29, 1.82) is 0 Å². The van der Waals surface area contributed by atoms with Gasteiger partial charge in [0.25, 0.3) is 10.1 Å². The van der Waals surface area contributed by atoms with E-state index in [1.54, 1.807) is 129 Å². The van der Waals surface area contributed by atoms with E-state index in [4.69, 9.17) is 116 Å². The number of carboxylic acid groups (broad SMARTS) is 1. The first-order chi connectivity index (χ1) is 53.3. The molecule has 0 atom stereocenters. The van der Waals surface area contributed by atoms with E-state index in [1.807, 2.05) is 125 Å². The number of thioether (sulfide) groups is 3. The number of alkyl halides is 1. The third-order valence-electron chi connectivity index (χ3n) is 13.5. The van der Waals surface area contributed by atoms with Crippen LogP contribution in [0.3, 0.4) is 0 Å². The molecule has 0 aromatic heterocycles. The maximum atomic E-state index is 11.4. The van der Waals surface area contributed by atoms with Crippen molar-refractivity contribution < 1.29 is 114 Å². The third kappa shape index (κ3) is 50.5. The molecule has 8 rings (SSSR count). The second-order valence-corrected chi connectivity index (χ2v) is 30.7. The number of aryl methyl sites for hydroxylation is 4. The zero-order valence-electron chi connectivity index (χ0n) is 65.9. The molecule has 0 amide bonds.